The average Bonchev–Trinajstić information content (AvgIpc) is 2.46. The molecule has 116 valence electrons. The van der Waals surface area contributed by atoms with E-state index in [0.29, 0.717) is 22.6 Å². The molecule has 0 saturated carbocycles. The topological polar surface area (TPSA) is 59.0 Å². The Labute approximate surface area is 125 Å². The lowest BCUT2D eigenvalue weighted by atomic mass is 9.74. The van der Waals surface area contributed by atoms with Crippen LogP contribution in [0.15, 0.2) is 12.1 Å². The van der Waals surface area contributed by atoms with E-state index in [0.717, 1.165) is 25.9 Å². The Kier molecular flexibility index (Phi) is 4.30. The molecule has 1 aliphatic heterocycles. The second-order valence-corrected chi connectivity index (χ2v) is 5.59. The first-order valence-corrected chi connectivity index (χ1v) is 7.24. The van der Waals surface area contributed by atoms with E-state index in [1.165, 1.54) is 13.2 Å². The van der Waals surface area contributed by atoms with Crippen molar-refractivity contribution in [2.45, 2.75) is 26.7 Å². The number of hydrogen-bond acceptors (Lipinski definition) is 4. The van der Waals surface area contributed by atoms with E-state index in [9.17, 15) is 9.90 Å². The summed E-state index contributed by atoms with van der Waals surface area (Å²) in [5, 5.41) is 9.44. The molecule has 0 spiro atoms. The van der Waals surface area contributed by atoms with Crippen molar-refractivity contribution in [1.29, 1.82) is 0 Å². The van der Waals surface area contributed by atoms with Gasteiger partial charge in [0.25, 0.3) is 0 Å². The average molecular weight is 293 g/mol. The number of carbonyl (C=O) groups is 1. The van der Waals surface area contributed by atoms with Crippen molar-refractivity contribution >= 4 is 11.7 Å². The molecule has 1 aromatic carbocycles. The summed E-state index contributed by atoms with van der Waals surface area (Å²) < 4.78 is 10.5. The number of anilines is 1. The van der Waals surface area contributed by atoms with Gasteiger partial charge in [0, 0.05) is 30.6 Å². The molecule has 0 aromatic heterocycles. The number of carboxylic acids is 1. The van der Waals surface area contributed by atoms with Gasteiger partial charge >= 0.3 is 5.97 Å². The van der Waals surface area contributed by atoms with Gasteiger partial charge in [-0.1, -0.05) is 13.8 Å². The Bertz CT molecular complexity index is 529. The Morgan fingerprint density at radius 1 is 1.19 bits per heavy atom. The Morgan fingerprint density at radius 2 is 1.71 bits per heavy atom. The van der Waals surface area contributed by atoms with Gasteiger partial charge < -0.3 is 19.5 Å². The number of ether oxygens (including phenoxy) is 2. The molecule has 0 bridgehead atoms. The van der Waals surface area contributed by atoms with Gasteiger partial charge in [-0.25, -0.2) is 4.79 Å². The van der Waals surface area contributed by atoms with Gasteiger partial charge in [-0.15, -0.1) is 0 Å². The number of benzene rings is 1. The molecule has 5 nitrogen and oxygen atoms in total. The van der Waals surface area contributed by atoms with Crippen molar-refractivity contribution in [3.8, 4) is 11.5 Å². The van der Waals surface area contributed by atoms with Crippen molar-refractivity contribution in [2.24, 2.45) is 5.41 Å². The van der Waals surface area contributed by atoms with Crippen molar-refractivity contribution < 1.29 is 19.4 Å². The number of hydrogen-bond donors (Lipinski definition) is 1. The lowest BCUT2D eigenvalue weighted by molar-refractivity contribution is 0.0695. The summed E-state index contributed by atoms with van der Waals surface area (Å²) in [6.45, 7) is 6.15. The summed E-state index contributed by atoms with van der Waals surface area (Å²) in [6.07, 6.45) is 2.21. The van der Waals surface area contributed by atoms with E-state index in [2.05, 4.69) is 18.7 Å². The van der Waals surface area contributed by atoms with Gasteiger partial charge in [0.2, 0.25) is 0 Å². The third-order valence-electron chi connectivity index (χ3n) is 4.63. The molecule has 1 aromatic rings. The maximum absolute atomic E-state index is 11.5. The molecule has 0 aliphatic carbocycles. The van der Waals surface area contributed by atoms with Crippen LogP contribution in [0.4, 0.5) is 5.69 Å². The molecule has 1 heterocycles. The summed E-state index contributed by atoms with van der Waals surface area (Å²) >= 11 is 0. The molecule has 21 heavy (non-hydrogen) atoms. The highest BCUT2D eigenvalue weighted by atomic mass is 16.5. The van der Waals surface area contributed by atoms with Crippen LogP contribution in [0.1, 0.15) is 37.0 Å². The third kappa shape index (κ3) is 2.64. The highest BCUT2D eigenvalue weighted by Gasteiger charge is 2.41. The summed E-state index contributed by atoms with van der Waals surface area (Å²) in [5.41, 5.74) is 1.27. The monoisotopic (exact) mass is 293 g/mol. The smallest absolute Gasteiger partial charge is 0.337 e. The lowest BCUT2D eigenvalue weighted by Crippen LogP contribution is -2.56. The molecular formula is C16H23NO4. The van der Waals surface area contributed by atoms with E-state index < -0.39 is 5.97 Å². The molecule has 0 atom stereocenters. The van der Waals surface area contributed by atoms with Crippen LogP contribution < -0.4 is 14.4 Å². The molecule has 1 saturated heterocycles. The highest BCUT2D eigenvalue weighted by molar-refractivity contribution is 5.96. The molecule has 1 N–H and O–H groups in total. The SMILES string of the molecule is CCC1(CC)CN(c2cc(OC)c(OC)cc2C(=O)O)C1. The minimum atomic E-state index is -0.948. The van der Waals surface area contributed by atoms with Crippen LogP contribution in [-0.2, 0) is 0 Å². The van der Waals surface area contributed by atoms with Crippen molar-refractivity contribution in [3.05, 3.63) is 17.7 Å². The van der Waals surface area contributed by atoms with Crippen LogP contribution in [0.5, 0.6) is 11.5 Å². The van der Waals surface area contributed by atoms with Crippen molar-refractivity contribution in [1.82, 2.24) is 0 Å². The fourth-order valence-corrected chi connectivity index (χ4v) is 2.93. The van der Waals surface area contributed by atoms with E-state index in [1.807, 2.05) is 0 Å². The first kappa shape index (κ1) is 15.5. The van der Waals surface area contributed by atoms with Crippen LogP contribution in [0.25, 0.3) is 0 Å². The van der Waals surface area contributed by atoms with Gasteiger partial charge in [-0.05, 0) is 12.8 Å². The van der Waals surface area contributed by atoms with Crippen molar-refractivity contribution in [2.75, 3.05) is 32.2 Å². The molecular weight excluding hydrogens is 270 g/mol. The Morgan fingerprint density at radius 3 is 2.14 bits per heavy atom. The van der Waals surface area contributed by atoms with Crippen LogP contribution >= 0.6 is 0 Å². The minimum absolute atomic E-state index is 0.258. The quantitative estimate of drug-likeness (QED) is 0.873. The molecule has 1 aliphatic rings. The fourth-order valence-electron chi connectivity index (χ4n) is 2.93. The van der Waals surface area contributed by atoms with Gasteiger partial charge in [0.05, 0.1) is 25.5 Å². The first-order chi connectivity index (χ1) is 10.00. The Balaban J connectivity index is 2.37. The summed E-state index contributed by atoms with van der Waals surface area (Å²) in [4.78, 5) is 13.6. The molecule has 0 amide bonds. The summed E-state index contributed by atoms with van der Waals surface area (Å²) in [6, 6.07) is 3.30. The number of nitrogens with zero attached hydrogens (tertiary/aromatic N) is 1. The van der Waals surface area contributed by atoms with Gasteiger partial charge in [-0.2, -0.15) is 0 Å². The van der Waals surface area contributed by atoms with Crippen molar-refractivity contribution in [3.63, 3.8) is 0 Å². The first-order valence-electron chi connectivity index (χ1n) is 7.24. The normalized spacial score (nSPS) is 16.3. The molecule has 5 heteroatoms. The highest BCUT2D eigenvalue weighted by Crippen LogP contribution is 2.43. The van der Waals surface area contributed by atoms with E-state index in [-0.39, 0.29) is 5.56 Å². The summed E-state index contributed by atoms with van der Waals surface area (Å²) in [7, 11) is 3.06. The predicted octanol–water partition coefficient (Wildman–Crippen LogP) is 3.03. The van der Waals surface area contributed by atoms with Crippen LogP contribution in [0.2, 0.25) is 0 Å². The second kappa shape index (κ2) is 5.84. The number of aromatic carboxylic acids is 1. The molecule has 2 rings (SSSR count). The minimum Gasteiger partial charge on any atom is -0.493 e. The maximum Gasteiger partial charge on any atom is 0.337 e. The lowest BCUT2D eigenvalue weighted by Gasteiger charge is -2.51. The second-order valence-electron chi connectivity index (χ2n) is 5.59. The zero-order valence-corrected chi connectivity index (χ0v) is 13.1. The molecule has 1 fully saturated rings. The maximum atomic E-state index is 11.5. The zero-order chi connectivity index (χ0) is 15.6. The Hall–Kier alpha value is -1.91. The summed E-state index contributed by atoms with van der Waals surface area (Å²) in [5.74, 6) is 0.0517. The fraction of sp³-hybridized carbons (Fsp3) is 0.562. The van der Waals surface area contributed by atoms with Gasteiger partial charge in [0.15, 0.2) is 11.5 Å². The number of rotatable bonds is 6. The van der Waals surface area contributed by atoms with Crippen LogP contribution in [-0.4, -0.2) is 38.4 Å². The predicted molar refractivity (Wildman–Crippen MR) is 81.7 cm³/mol. The zero-order valence-electron chi connectivity index (χ0n) is 13.1. The van der Waals surface area contributed by atoms with Crippen LogP contribution in [0, 0.1) is 5.41 Å². The number of methoxy groups -OCH3 is 2. The van der Waals surface area contributed by atoms with E-state index in [1.54, 1.807) is 13.2 Å². The standard InChI is InChI=1S/C16H23NO4/c1-5-16(6-2)9-17(10-16)12-8-14(21-4)13(20-3)7-11(12)15(18)19/h7-8H,5-6,9-10H2,1-4H3,(H,18,19). The van der Waals surface area contributed by atoms with E-state index in [4.69, 9.17) is 9.47 Å². The van der Waals surface area contributed by atoms with Gasteiger partial charge in [0.1, 0.15) is 0 Å². The molecule has 0 radical (unpaired) electrons. The molecule has 0 unspecified atom stereocenters. The van der Waals surface area contributed by atoms with Crippen LogP contribution in [0.3, 0.4) is 0 Å². The number of carboxylic acid groups (broad SMARTS) is 1. The van der Waals surface area contributed by atoms with E-state index >= 15 is 0 Å². The largest absolute Gasteiger partial charge is 0.493 e. The third-order valence-corrected chi connectivity index (χ3v) is 4.63. The van der Waals surface area contributed by atoms with Gasteiger partial charge in [-0.3, -0.25) is 0 Å².